The highest BCUT2D eigenvalue weighted by atomic mass is 35.5. The number of amides is 1. The van der Waals surface area contributed by atoms with E-state index in [0.717, 1.165) is 45.5 Å². The van der Waals surface area contributed by atoms with Gasteiger partial charge in [0.1, 0.15) is 0 Å². The maximum absolute atomic E-state index is 12.1. The summed E-state index contributed by atoms with van der Waals surface area (Å²) in [5, 5.41) is 3.19. The van der Waals surface area contributed by atoms with Crippen LogP contribution in [-0.4, -0.2) is 50.2 Å². The number of hydrogen-bond donors (Lipinski definition) is 1. The average molecular weight is 291 g/mol. The minimum Gasteiger partial charge on any atom is -0.378 e. The minimum absolute atomic E-state index is 0. The van der Waals surface area contributed by atoms with E-state index in [1.807, 2.05) is 11.9 Å². The molecule has 2 aliphatic heterocycles. The lowest BCUT2D eigenvalue weighted by molar-refractivity contribution is -0.131. The van der Waals surface area contributed by atoms with E-state index in [2.05, 4.69) is 5.32 Å². The fourth-order valence-electron chi connectivity index (χ4n) is 2.99. The second kappa shape index (κ2) is 8.77. The van der Waals surface area contributed by atoms with E-state index >= 15 is 0 Å². The average Bonchev–Trinajstić information content (AvgIpc) is 2.86. The summed E-state index contributed by atoms with van der Waals surface area (Å²) in [6.07, 6.45) is 6.62. The first-order chi connectivity index (χ1) is 8.79. The molecule has 0 spiro atoms. The fourth-order valence-corrected chi connectivity index (χ4v) is 2.99. The van der Waals surface area contributed by atoms with E-state index in [-0.39, 0.29) is 12.4 Å². The van der Waals surface area contributed by atoms with Gasteiger partial charge in [-0.1, -0.05) is 0 Å². The summed E-state index contributed by atoms with van der Waals surface area (Å²) in [5.74, 6) is 0.965. The second-order valence-corrected chi connectivity index (χ2v) is 5.58. The number of carbonyl (C=O) groups is 1. The van der Waals surface area contributed by atoms with Crippen molar-refractivity contribution in [3.05, 3.63) is 0 Å². The molecule has 2 fully saturated rings. The van der Waals surface area contributed by atoms with Crippen LogP contribution in [-0.2, 0) is 9.53 Å². The third kappa shape index (κ3) is 5.28. The second-order valence-electron chi connectivity index (χ2n) is 5.58. The molecule has 0 saturated carbocycles. The minimum atomic E-state index is 0. The van der Waals surface area contributed by atoms with Gasteiger partial charge in [-0.3, -0.25) is 4.79 Å². The van der Waals surface area contributed by atoms with Gasteiger partial charge in [-0.15, -0.1) is 12.4 Å². The molecule has 2 rings (SSSR count). The van der Waals surface area contributed by atoms with Gasteiger partial charge in [-0.2, -0.15) is 0 Å². The van der Waals surface area contributed by atoms with E-state index in [4.69, 9.17) is 4.74 Å². The van der Waals surface area contributed by atoms with Crippen molar-refractivity contribution < 1.29 is 9.53 Å². The molecular weight excluding hydrogens is 264 g/mol. The van der Waals surface area contributed by atoms with Crippen LogP contribution in [0.15, 0.2) is 0 Å². The monoisotopic (exact) mass is 290 g/mol. The number of rotatable bonds is 5. The summed E-state index contributed by atoms with van der Waals surface area (Å²) < 4.78 is 5.67. The molecule has 2 atom stereocenters. The Balaban J connectivity index is 0.00000180. The van der Waals surface area contributed by atoms with Crippen LogP contribution in [0, 0.1) is 5.92 Å². The molecule has 5 heteroatoms. The predicted octanol–water partition coefficient (Wildman–Crippen LogP) is 1.83. The molecule has 0 aliphatic carbocycles. The Labute approximate surface area is 122 Å². The lowest BCUT2D eigenvalue weighted by atomic mass is 10.0. The summed E-state index contributed by atoms with van der Waals surface area (Å²) in [7, 11) is 1.98. The number of carbonyl (C=O) groups excluding carboxylic acids is 1. The zero-order valence-corrected chi connectivity index (χ0v) is 12.7. The van der Waals surface area contributed by atoms with E-state index in [1.54, 1.807) is 0 Å². The summed E-state index contributed by atoms with van der Waals surface area (Å²) in [4.78, 5) is 14.1. The fraction of sp³-hybridized carbons (Fsp3) is 0.929. The number of likely N-dealkylation sites (tertiary alicyclic amines) is 1. The van der Waals surface area contributed by atoms with Gasteiger partial charge in [0, 0.05) is 26.1 Å². The third-order valence-electron chi connectivity index (χ3n) is 4.09. The van der Waals surface area contributed by atoms with E-state index in [1.165, 1.54) is 12.8 Å². The highest BCUT2D eigenvalue weighted by Crippen LogP contribution is 2.20. The van der Waals surface area contributed by atoms with Crippen molar-refractivity contribution in [1.82, 2.24) is 10.2 Å². The Morgan fingerprint density at radius 1 is 1.37 bits per heavy atom. The van der Waals surface area contributed by atoms with Crippen LogP contribution in [0.25, 0.3) is 0 Å². The molecule has 0 radical (unpaired) electrons. The molecule has 0 bridgehead atoms. The summed E-state index contributed by atoms with van der Waals surface area (Å²) >= 11 is 0. The van der Waals surface area contributed by atoms with E-state index < -0.39 is 0 Å². The van der Waals surface area contributed by atoms with Gasteiger partial charge in [-0.25, -0.2) is 0 Å². The van der Waals surface area contributed by atoms with Gasteiger partial charge < -0.3 is 15.0 Å². The smallest absolute Gasteiger partial charge is 0.222 e. The Bertz CT molecular complexity index is 270. The van der Waals surface area contributed by atoms with E-state index in [0.29, 0.717) is 24.3 Å². The number of nitrogens with zero attached hydrogens (tertiary/aromatic N) is 1. The van der Waals surface area contributed by atoms with Gasteiger partial charge in [0.25, 0.3) is 0 Å². The highest BCUT2D eigenvalue weighted by molar-refractivity contribution is 5.85. The topological polar surface area (TPSA) is 41.6 Å². The normalized spacial score (nSPS) is 27.1. The van der Waals surface area contributed by atoms with Gasteiger partial charge in [0.2, 0.25) is 5.91 Å². The van der Waals surface area contributed by atoms with Gasteiger partial charge in [0.05, 0.1) is 6.10 Å². The number of ether oxygens (including phenoxy) is 1. The van der Waals surface area contributed by atoms with Crippen molar-refractivity contribution in [2.45, 2.75) is 44.6 Å². The Kier molecular flexibility index (Phi) is 7.73. The van der Waals surface area contributed by atoms with Crippen molar-refractivity contribution in [1.29, 1.82) is 0 Å². The lowest BCUT2D eigenvalue weighted by Crippen LogP contribution is -2.31. The molecule has 112 valence electrons. The first-order valence-corrected chi connectivity index (χ1v) is 7.33. The molecule has 2 aliphatic rings. The van der Waals surface area contributed by atoms with Crippen LogP contribution in [0.1, 0.15) is 38.5 Å². The summed E-state index contributed by atoms with van der Waals surface area (Å²) in [6.45, 7) is 3.78. The molecule has 1 N–H and O–H groups in total. The van der Waals surface area contributed by atoms with Crippen molar-refractivity contribution in [3.63, 3.8) is 0 Å². The predicted molar refractivity (Wildman–Crippen MR) is 78.7 cm³/mol. The van der Waals surface area contributed by atoms with Crippen molar-refractivity contribution in [2.24, 2.45) is 5.92 Å². The SMILES string of the molecule is CNCC1CCN(C(=O)CCC2CCCCO2)C1.Cl. The number of halogens is 1. The molecule has 0 aromatic rings. The van der Waals surface area contributed by atoms with Crippen LogP contribution in [0.3, 0.4) is 0 Å². The number of hydrogen-bond acceptors (Lipinski definition) is 3. The van der Waals surface area contributed by atoms with Crippen LogP contribution in [0.5, 0.6) is 0 Å². The maximum Gasteiger partial charge on any atom is 0.222 e. The van der Waals surface area contributed by atoms with Gasteiger partial charge in [-0.05, 0) is 51.6 Å². The largest absolute Gasteiger partial charge is 0.378 e. The molecule has 4 nitrogen and oxygen atoms in total. The first-order valence-electron chi connectivity index (χ1n) is 7.33. The van der Waals surface area contributed by atoms with Crippen LogP contribution in [0.2, 0.25) is 0 Å². The summed E-state index contributed by atoms with van der Waals surface area (Å²) in [5.41, 5.74) is 0. The van der Waals surface area contributed by atoms with Crippen LogP contribution in [0.4, 0.5) is 0 Å². The quantitative estimate of drug-likeness (QED) is 0.840. The van der Waals surface area contributed by atoms with Crippen LogP contribution < -0.4 is 5.32 Å². The molecule has 2 saturated heterocycles. The van der Waals surface area contributed by atoms with Gasteiger partial charge in [0.15, 0.2) is 0 Å². The molecule has 2 unspecified atom stereocenters. The Morgan fingerprint density at radius 3 is 2.89 bits per heavy atom. The lowest BCUT2D eigenvalue weighted by Gasteiger charge is -2.23. The Hall–Kier alpha value is -0.320. The molecule has 2 heterocycles. The first kappa shape index (κ1) is 16.7. The third-order valence-corrected chi connectivity index (χ3v) is 4.09. The molecule has 1 amide bonds. The van der Waals surface area contributed by atoms with Crippen molar-refractivity contribution >= 4 is 18.3 Å². The van der Waals surface area contributed by atoms with Crippen molar-refractivity contribution in [2.75, 3.05) is 33.3 Å². The highest BCUT2D eigenvalue weighted by Gasteiger charge is 2.26. The van der Waals surface area contributed by atoms with Crippen molar-refractivity contribution in [3.8, 4) is 0 Å². The molecule has 0 aromatic heterocycles. The van der Waals surface area contributed by atoms with Gasteiger partial charge >= 0.3 is 0 Å². The molecule has 0 aromatic carbocycles. The van der Waals surface area contributed by atoms with Crippen LogP contribution >= 0.6 is 12.4 Å². The Morgan fingerprint density at radius 2 is 2.21 bits per heavy atom. The van der Waals surface area contributed by atoms with E-state index in [9.17, 15) is 4.79 Å². The zero-order chi connectivity index (χ0) is 12.8. The zero-order valence-electron chi connectivity index (χ0n) is 11.9. The summed E-state index contributed by atoms with van der Waals surface area (Å²) in [6, 6.07) is 0. The number of nitrogens with one attached hydrogen (secondary N) is 1. The molecular formula is C14H27ClN2O2. The standard InChI is InChI=1S/C14H26N2O2.ClH/c1-15-10-12-7-8-16(11-12)14(17)6-5-13-4-2-3-9-18-13;/h12-13,15H,2-11H2,1H3;1H. The molecule has 19 heavy (non-hydrogen) atoms. The maximum atomic E-state index is 12.1.